The first-order valence-electron chi connectivity index (χ1n) is 12.0. The molecule has 7 nitrogen and oxygen atoms in total. The maximum Gasteiger partial charge on any atom is 0.250 e. The number of carbonyl (C=O) groups excluding carboxylic acids is 1. The Morgan fingerprint density at radius 1 is 0.973 bits per heavy atom. The van der Waals surface area contributed by atoms with Crippen LogP contribution in [-0.2, 0) is 10.2 Å². The van der Waals surface area contributed by atoms with Crippen LogP contribution >= 0.6 is 11.8 Å². The average Bonchev–Trinajstić information content (AvgIpc) is 3.30. The second-order valence-electron chi connectivity index (χ2n) is 9.87. The van der Waals surface area contributed by atoms with Crippen molar-refractivity contribution in [1.82, 2.24) is 20.2 Å². The van der Waals surface area contributed by atoms with Crippen molar-refractivity contribution in [3.8, 4) is 22.8 Å². The first kappa shape index (κ1) is 26.2. The van der Waals surface area contributed by atoms with Gasteiger partial charge in [-0.2, -0.15) is 5.10 Å². The van der Waals surface area contributed by atoms with Gasteiger partial charge in [0.15, 0.2) is 11.0 Å². The molecule has 0 atom stereocenters. The number of benzene rings is 3. The topological polar surface area (TPSA) is 92.4 Å². The Balaban J connectivity index is 1.55. The summed E-state index contributed by atoms with van der Waals surface area (Å²) in [5.74, 6) is 0.768. The van der Waals surface area contributed by atoms with Gasteiger partial charge in [0.2, 0.25) is 0 Å². The van der Waals surface area contributed by atoms with Gasteiger partial charge in [0.25, 0.3) is 5.91 Å². The highest BCUT2D eigenvalue weighted by Gasteiger charge is 2.19. The van der Waals surface area contributed by atoms with Gasteiger partial charge < -0.3 is 5.11 Å². The van der Waals surface area contributed by atoms with Gasteiger partial charge in [0.1, 0.15) is 5.75 Å². The smallest absolute Gasteiger partial charge is 0.250 e. The number of nitrogens with one attached hydrogen (secondary N) is 1. The van der Waals surface area contributed by atoms with Crippen LogP contribution in [0, 0.1) is 6.92 Å². The fourth-order valence-electron chi connectivity index (χ4n) is 3.67. The Morgan fingerprint density at radius 2 is 1.62 bits per heavy atom. The number of aromatic nitrogens is 3. The van der Waals surface area contributed by atoms with Gasteiger partial charge in [-0.05, 0) is 66.8 Å². The maximum absolute atomic E-state index is 12.6. The van der Waals surface area contributed by atoms with Crippen LogP contribution in [0.4, 0.5) is 0 Å². The molecule has 0 fully saturated rings. The number of aryl methyl sites for hydroxylation is 1. The SMILES string of the molecule is CC(=NNC(=O)CSc1nnc(-c2ccc(C(C)(C)C)cc2)n1-c1ccc(C)cc1)c1ccc(O)cc1. The Labute approximate surface area is 221 Å². The van der Waals surface area contributed by atoms with Crippen LogP contribution in [0.1, 0.15) is 44.4 Å². The predicted octanol–water partition coefficient (Wildman–Crippen LogP) is 5.88. The van der Waals surface area contributed by atoms with Crippen molar-refractivity contribution < 1.29 is 9.90 Å². The lowest BCUT2D eigenvalue weighted by molar-refractivity contribution is -0.118. The van der Waals surface area contributed by atoms with Crippen molar-refractivity contribution in [2.45, 2.75) is 45.2 Å². The first-order chi connectivity index (χ1) is 17.6. The standard InChI is InChI=1S/C29H31N5O2S/c1-19-6-14-24(15-7-19)34-27(22-8-12-23(13-9-22)29(3,4)5)32-33-28(34)37-18-26(36)31-30-20(2)21-10-16-25(35)17-11-21/h6-17,35H,18H2,1-5H3,(H,31,36). The molecule has 0 saturated heterocycles. The minimum absolute atomic E-state index is 0.0562. The molecule has 4 aromatic rings. The molecule has 2 N–H and O–H groups in total. The van der Waals surface area contributed by atoms with E-state index in [1.54, 1.807) is 31.2 Å². The number of nitrogens with zero attached hydrogens (tertiary/aromatic N) is 4. The molecule has 190 valence electrons. The van der Waals surface area contributed by atoms with E-state index < -0.39 is 0 Å². The largest absolute Gasteiger partial charge is 0.508 e. The van der Waals surface area contributed by atoms with Crippen LogP contribution in [-0.4, -0.2) is 37.2 Å². The third kappa shape index (κ3) is 6.46. The Morgan fingerprint density at radius 3 is 2.24 bits per heavy atom. The van der Waals surface area contributed by atoms with Gasteiger partial charge in [0, 0.05) is 11.3 Å². The van der Waals surface area contributed by atoms with E-state index >= 15 is 0 Å². The zero-order chi connectivity index (χ0) is 26.6. The number of phenolic OH excluding ortho intramolecular Hbond substituents is 1. The number of hydrogen-bond acceptors (Lipinski definition) is 6. The van der Waals surface area contributed by atoms with E-state index in [-0.39, 0.29) is 22.8 Å². The fraction of sp³-hybridized carbons (Fsp3) is 0.241. The molecular formula is C29H31N5O2S. The minimum atomic E-state index is -0.252. The fourth-order valence-corrected chi connectivity index (χ4v) is 4.42. The van der Waals surface area contributed by atoms with Gasteiger partial charge in [-0.25, -0.2) is 5.43 Å². The van der Waals surface area contributed by atoms with Gasteiger partial charge >= 0.3 is 0 Å². The van der Waals surface area contributed by atoms with Crippen molar-refractivity contribution in [3.63, 3.8) is 0 Å². The van der Waals surface area contributed by atoms with Gasteiger partial charge in [-0.15, -0.1) is 10.2 Å². The molecule has 0 saturated carbocycles. The highest BCUT2D eigenvalue weighted by Crippen LogP contribution is 2.30. The summed E-state index contributed by atoms with van der Waals surface area (Å²) in [7, 11) is 0. The molecule has 37 heavy (non-hydrogen) atoms. The predicted molar refractivity (Wildman–Crippen MR) is 149 cm³/mol. The molecule has 0 aliphatic carbocycles. The molecule has 4 rings (SSSR count). The summed E-state index contributed by atoms with van der Waals surface area (Å²) in [6.07, 6.45) is 0. The van der Waals surface area contributed by atoms with Crippen LogP contribution < -0.4 is 5.43 Å². The number of aromatic hydroxyl groups is 1. The van der Waals surface area contributed by atoms with Gasteiger partial charge in [0.05, 0.1) is 11.5 Å². The lowest BCUT2D eigenvalue weighted by Gasteiger charge is -2.19. The summed E-state index contributed by atoms with van der Waals surface area (Å²) in [4.78, 5) is 12.6. The number of hydrogen-bond donors (Lipinski definition) is 2. The summed E-state index contributed by atoms with van der Waals surface area (Å²) < 4.78 is 1.98. The highest BCUT2D eigenvalue weighted by atomic mass is 32.2. The number of hydrazone groups is 1. The van der Waals surface area contributed by atoms with Crippen molar-refractivity contribution >= 4 is 23.4 Å². The molecule has 1 heterocycles. The normalized spacial score (nSPS) is 12.0. The molecule has 3 aromatic carbocycles. The lowest BCUT2D eigenvalue weighted by atomic mass is 9.87. The van der Waals surface area contributed by atoms with Crippen LogP contribution in [0.25, 0.3) is 17.1 Å². The van der Waals surface area contributed by atoms with E-state index in [1.807, 2.05) is 35.8 Å². The number of phenols is 1. The first-order valence-corrected chi connectivity index (χ1v) is 13.0. The molecular weight excluding hydrogens is 482 g/mol. The average molecular weight is 514 g/mol. The van der Waals surface area contributed by atoms with Crippen LogP contribution in [0.15, 0.2) is 83.1 Å². The zero-order valence-electron chi connectivity index (χ0n) is 21.7. The molecule has 1 aromatic heterocycles. The van der Waals surface area contributed by atoms with Crippen LogP contribution in [0.3, 0.4) is 0 Å². The molecule has 0 unspecified atom stereocenters. The van der Waals surface area contributed by atoms with E-state index in [2.05, 4.69) is 65.8 Å². The summed E-state index contributed by atoms with van der Waals surface area (Å²) in [6.45, 7) is 10.4. The van der Waals surface area contributed by atoms with E-state index in [0.29, 0.717) is 16.7 Å². The van der Waals surface area contributed by atoms with Crippen molar-refractivity contribution in [2.75, 3.05) is 5.75 Å². The quantitative estimate of drug-likeness (QED) is 0.183. The van der Waals surface area contributed by atoms with Crippen LogP contribution in [0.2, 0.25) is 0 Å². The number of amides is 1. The molecule has 0 radical (unpaired) electrons. The number of rotatable bonds is 7. The molecule has 0 bridgehead atoms. The van der Waals surface area contributed by atoms with Crippen molar-refractivity contribution in [3.05, 3.63) is 89.5 Å². The second kappa shape index (κ2) is 11.0. The molecule has 1 amide bonds. The van der Waals surface area contributed by atoms with E-state index in [9.17, 15) is 9.90 Å². The van der Waals surface area contributed by atoms with E-state index in [4.69, 9.17) is 0 Å². The lowest BCUT2D eigenvalue weighted by Crippen LogP contribution is -2.21. The molecule has 0 spiro atoms. The minimum Gasteiger partial charge on any atom is -0.508 e. The van der Waals surface area contributed by atoms with Crippen LogP contribution in [0.5, 0.6) is 5.75 Å². The summed E-state index contributed by atoms with van der Waals surface area (Å²) >= 11 is 1.30. The number of carbonyl (C=O) groups is 1. The van der Waals surface area contributed by atoms with Gasteiger partial charge in [-0.3, -0.25) is 9.36 Å². The third-order valence-corrected chi connectivity index (χ3v) is 6.83. The highest BCUT2D eigenvalue weighted by molar-refractivity contribution is 7.99. The van der Waals surface area contributed by atoms with E-state index in [0.717, 1.165) is 22.4 Å². The monoisotopic (exact) mass is 513 g/mol. The maximum atomic E-state index is 12.6. The molecule has 8 heteroatoms. The van der Waals surface area contributed by atoms with Crippen molar-refractivity contribution in [1.29, 1.82) is 0 Å². The summed E-state index contributed by atoms with van der Waals surface area (Å²) in [5.41, 5.74) is 8.38. The molecule has 0 aliphatic heterocycles. The second-order valence-corrected chi connectivity index (χ2v) is 10.8. The third-order valence-electron chi connectivity index (χ3n) is 5.90. The number of thioether (sulfide) groups is 1. The van der Waals surface area contributed by atoms with E-state index in [1.165, 1.54) is 17.3 Å². The Kier molecular flexibility index (Phi) is 7.78. The van der Waals surface area contributed by atoms with Crippen molar-refractivity contribution in [2.24, 2.45) is 5.10 Å². The molecule has 0 aliphatic rings. The van der Waals surface area contributed by atoms with Gasteiger partial charge in [-0.1, -0.05) is 74.5 Å². The summed E-state index contributed by atoms with van der Waals surface area (Å²) in [6, 6.07) is 23.2. The summed E-state index contributed by atoms with van der Waals surface area (Å²) in [5, 5.41) is 23.2. The zero-order valence-corrected chi connectivity index (χ0v) is 22.5. The Bertz CT molecular complexity index is 1400. The Hall–Kier alpha value is -3.91.